The predicted molar refractivity (Wildman–Crippen MR) is 134 cm³/mol. The Labute approximate surface area is 203 Å². The standard InChI is InChI=1S/C27H28N4O4/c1-17(2)22-15-23(25(34)16-24(22)33)27-29-28-26(18-4-3-5-21(32)14-18)31(27)20-8-6-19(7-9-20)30-10-12-35-13-11-30/h3-9,14-17,32-34H,10-13H2,1-2H3. The van der Waals surface area contributed by atoms with Gasteiger partial charge in [0.1, 0.15) is 17.2 Å². The van der Waals surface area contributed by atoms with Crippen LogP contribution < -0.4 is 4.90 Å². The van der Waals surface area contributed by atoms with Gasteiger partial charge in [-0.25, -0.2) is 0 Å². The van der Waals surface area contributed by atoms with Crippen molar-refractivity contribution in [3.63, 3.8) is 0 Å². The Morgan fingerprint density at radius 1 is 0.800 bits per heavy atom. The lowest BCUT2D eigenvalue weighted by molar-refractivity contribution is 0.122. The van der Waals surface area contributed by atoms with Gasteiger partial charge < -0.3 is 25.0 Å². The molecule has 5 rings (SSSR count). The summed E-state index contributed by atoms with van der Waals surface area (Å²) in [6.45, 7) is 7.04. The van der Waals surface area contributed by atoms with E-state index in [-0.39, 0.29) is 23.2 Å². The Morgan fingerprint density at radius 3 is 2.17 bits per heavy atom. The lowest BCUT2D eigenvalue weighted by Crippen LogP contribution is -2.36. The topological polar surface area (TPSA) is 104 Å². The zero-order valence-electron chi connectivity index (χ0n) is 19.7. The largest absolute Gasteiger partial charge is 0.508 e. The monoisotopic (exact) mass is 472 g/mol. The van der Waals surface area contributed by atoms with Crippen molar-refractivity contribution in [2.75, 3.05) is 31.2 Å². The van der Waals surface area contributed by atoms with E-state index in [1.165, 1.54) is 6.07 Å². The molecular weight excluding hydrogens is 444 g/mol. The van der Waals surface area contributed by atoms with E-state index in [1.807, 2.05) is 48.7 Å². The smallest absolute Gasteiger partial charge is 0.172 e. The van der Waals surface area contributed by atoms with E-state index in [1.54, 1.807) is 24.3 Å². The second-order valence-corrected chi connectivity index (χ2v) is 8.93. The van der Waals surface area contributed by atoms with E-state index in [0.29, 0.717) is 41.6 Å². The van der Waals surface area contributed by atoms with Crippen molar-refractivity contribution in [1.29, 1.82) is 0 Å². The number of ether oxygens (including phenoxy) is 1. The van der Waals surface area contributed by atoms with Gasteiger partial charge >= 0.3 is 0 Å². The molecule has 1 aliphatic heterocycles. The number of phenolic OH excluding ortho intramolecular Hbond substituents is 3. The van der Waals surface area contributed by atoms with E-state index in [9.17, 15) is 15.3 Å². The third-order valence-corrected chi connectivity index (χ3v) is 6.26. The lowest BCUT2D eigenvalue weighted by atomic mass is 9.98. The molecule has 0 spiro atoms. The Balaban J connectivity index is 1.67. The van der Waals surface area contributed by atoms with E-state index in [0.717, 1.165) is 24.5 Å². The molecule has 180 valence electrons. The van der Waals surface area contributed by atoms with Crippen LogP contribution >= 0.6 is 0 Å². The summed E-state index contributed by atoms with van der Waals surface area (Å²) in [5.74, 6) is 1.07. The number of hydrogen-bond donors (Lipinski definition) is 3. The molecule has 1 aliphatic rings. The first kappa shape index (κ1) is 22.7. The van der Waals surface area contributed by atoms with Gasteiger partial charge in [-0.1, -0.05) is 26.0 Å². The normalized spacial score (nSPS) is 14.0. The molecule has 1 aromatic heterocycles. The number of rotatable bonds is 5. The third kappa shape index (κ3) is 4.40. The van der Waals surface area contributed by atoms with Crippen molar-refractivity contribution >= 4 is 5.69 Å². The SMILES string of the molecule is CC(C)c1cc(-c2nnc(-c3cccc(O)c3)n2-c2ccc(N3CCOCC3)cc2)c(O)cc1O. The van der Waals surface area contributed by atoms with Crippen molar-refractivity contribution in [3.05, 3.63) is 66.2 Å². The first-order valence-corrected chi connectivity index (χ1v) is 11.7. The van der Waals surface area contributed by atoms with Crippen LogP contribution in [0, 0.1) is 0 Å². The van der Waals surface area contributed by atoms with Crippen molar-refractivity contribution in [2.24, 2.45) is 0 Å². The number of benzene rings is 3. The molecule has 35 heavy (non-hydrogen) atoms. The number of hydrogen-bond acceptors (Lipinski definition) is 7. The van der Waals surface area contributed by atoms with Gasteiger partial charge in [-0.05, 0) is 53.9 Å². The summed E-state index contributed by atoms with van der Waals surface area (Å²) >= 11 is 0. The summed E-state index contributed by atoms with van der Waals surface area (Å²) in [5, 5.41) is 40.0. The second kappa shape index (κ2) is 9.31. The number of nitrogens with zero attached hydrogens (tertiary/aromatic N) is 4. The Bertz CT molecular complexity index is 1340. The van der Waals surface area contributed by atoms with Crippen molar-refractivity contribution in [2.45, 2.75) is 19.8 Å². The zero-order valence-corrected chi connectivity index (χ0v) is 19.7. The maximum atomic E-state index is 10.8. The van der Waals surface area contributed by atoms with Crippen LogP contribution in [0.4, 0.5) is 5.69 Å². The molecule has 0 aliphatic carbocycles. The van der Waals surface area contributed by atoms with Gasteiger partial charge in [0, 0.05) is 36.1 Å². The van der Waals surface area contributed by atoms with Crippen LogP contribution in [0.2, 0.25) is 0 Å². The molecular formula is C27H28N4O4. The van der Waals surface area contributed by atoms with Gasteiger partial charge in [0.2, 0.25) is 0 Å². The highest BCUT2D eigenvalue weighted by atomic mass is 16.5. The number of aromatic nitrogens is 3. The predicted octanol–water partition coefficient (Wildman–Crippen LogP) is 4.68. The Kier molecular flexibility index (Phi) is 6.05. The minimum absolute atomic E-state index is 0.0374. The molecule has 0 radical (unpaired) electrons. The average Bonchev–Trinajstić information content (AvgIpc) is 3.29. The highest BCUT2D eigenvalue weighted by Gasteiger charge is 2.22. The van der Waals surface area contributed by atoms with Gasteiger partial charge in [-0.3, -0.25) is 4.57 Å². The quantitative estimate of drug-likeness (QED) is 0.387. The molecule has 8 heteroatoms. The van der Waals surface area contributed by atoms with Gasteiger partial charge in [0.15, 0.2) is 11.6 Å². The molecule has 2 heterocycles. The van der Waals surface area contributed by atoms with Gasteiger partial charge in [0.25, 0.3) is 0 Å². The van der Waals surface area contributed by atoms with E-state index < -0.39 is 0 Å². The summed E-state index contributed by atoms with van der Waals surface area (Å²) in [6.07, 6.45) is 0. The van der Waals surface area contributed by atoms with Gasteiger partial charge in [-0.2, -0.15) is 0 Å². The average molecular weight is 473 g/mol. The lowest BCUT2D eigenvalue weighted by Gasteiger charge is -2.29. The van der Waals surface area contributed by atoms with E-state index in [4.69, 9.17) is 4.74 Å². The fraction of sp³-hybridized carbons (Fsp3) is 0.259. The van der Waals surface area contributed by atoms with Crippen molar-refractivity contribution < 1.29 is 20.1 Å². The molecule has 8 nitrogen and oxygen atoms in total. The molecule has 3 aromatic carbocycles. The maximum absolute atomic E-state index is 10.8. The van der Waals surface area contributed by atoms with Crippen molar-refractivity contribution in [1.82, 2.24) is 14.8 Å². The number of anilines is 1. The molecule has 0 unspecified atom stereocenters. The Hall–Kier alpha value is -4.04. The van der Waals surface area contributed by atoms with Crippen LogP contribution in [0.1, 0.15) is 25.3 Å². The van der Waals surface area contributed by atoms with Crippen LogP contribution in [0.15, 0.2) is 60.7 Å². The van der Waals surface area contributed by atoms with Crippen LogP contribution in [0.25, 0.3) is 28.5 Å². The van der Waals surface area contributed by atoms with Gasteiger partial charge in [0.05, 0.1) is 18.8 Å². The number of aromatic hydroxyl groups is 3. The minimum atomic E-state index is -0.0899. The number of phenols is 3. The van der Waals surface area contributed by atoms with Crippen LogP contribution in [0.3, 0.4) is 0 Å². The van der Waals surface area contributed by atoms with Crippen LogP contribution in [0.5, 0.6) is 17.2 Å². The van der Waals surface area contributed by atoms with Crippen LogP contribution in [-0.2, 0) is 4.74 Å². The third-order valence-electron chi connectivity index (χ3n) is 6.26. The summed E-state index contributed by atoms with van der Waals surface area (Å²) < 4.78 is 7.32. The van der Waals surface area contributed by atoms with Gasteiger partial charge in [-0.15, -0.1) is 10.2 Å². The molecule has 0 amide bonds. The Morgan fingerprint density at radius 2 is 1.49 bits per heavy atom. The fourth-order valence-corrected chi connectivity index (χ4v) is 4.40. The highest BCUT2D eigenvalue weighted by molar-refractivity contribution is 5.73. The molecule has 0 bridgehead atoms. The summed E-state index contributed by atoms with van der Waals surface area (Å²) in [4.78, 5) is 2.28. The first-order chi connectivity index (χ1) is 16.9. The summed E-state index contributed by atoms with van der Waals surface area (Å²) in [6, 6.07) is 18.0. The molecule has 0 saturated carbocycles. The molecule has 4 aromatic rings. The first-order valence-electron chi connectivity index (χ1n) is 11.7. The molecule has 1 fully saturated rings. The fourth-order valence-electron chi connectivity index (χ4n) is 4.40. The van der Waals surface area contributed by atoms with E-state index in [2.05, 4.69) is 15.1 Å². The zero-order chi connectivity index (χ0) is 24.5. The maximum Gasteiger partial charge on any atom is 0.172 e. The molecule has 0 atom stereocenters. The summed E-state index contributed by atoms with van der Waals surface area (Å²) in [7, 11) is 0. The summed E-state index contributed by atoms with van der Waals surface area (Å²) in [5.41, 5.74) is 3.75. The minimum Gasteiger partial charge on any atom is -0.508 e. The molecule has 1 saturated heterocycles. The van der Waals surface area contributed by atoms with E-state index >= 15 is 0 Å². The molecule has 3 N–H and O–H groups in total. The second-order valence-electron chi connectivity index (χ2n) is 8.93. The number of morpholine rings is 1. The van der Waals surface area contributed by atoms with Crippen molar-refractivity contribution in [3.8, 4) is 45.7 Å². The highest BCUT2D eigenvalue weighted by Crippen LogP contribution is 2.39. The van der Waals surface area contributed by atoms with Crippen LogP contribution in [-0.4, -0.2) is 56.4 Å².